The first kappa shape index (κ1) is 19.8. The molecule has 6 nitrogen and oxygen atoms in total. The number of anilines is 3. The molecule has 1 aromatic heterocycles. The first-order valence-electron chi connectivity index (χ1n) is 10.1. The highest BCUT2D eigenvalue weighted by Gasteiger charge is 2.20. The quantitative estimate of drug-likeness (QED) is 0.537. The summed E-state index contributed by atoms with van der Waals surface area (Å²) in [5.74, 6) is 0. The van der Waals surface area contributed by atoms with Crippen molar-refractivity contribution in [2.24, 2.45) is 10.3 Å². The molecule has 6 heteroatoms. The van der Waals surface area contributed by atoms with Gasteiger partial charge in [0.25, 0.3) is 0 Å². The Kier molecular flexibility index (Phi) is 6.47. The molecule has 0 amide bonds. The van der Waals surface area contributed by atoms with Crippen LogP contribution in [0.25, 0.3) is 12.2 Å². The van der Waals surface area contributed by atoms with Gasteiger partial charge in [-0.1, -0.05) is 35.6 Å². The minimum Gasteiger partial charge on any atom is -0.396 e. The third-order valence-electron chi connectivity index (χ3n) is 4.90. The number of rotatable bonds is 8. The molecule has 0 radical (unpaired) electrons. The lowest BCUT2D eigenvalue weighted by Crippen LogP contribution is -2.20. The molecule has 1 aliphatic rings. The van der Waals surface area contributed by atoms with Gasteiger partial charge < -0.3 is 10.4 Å². The van der Waals surface area contributed by atoms with Crippen molar-refractivity contribution in [2.45, 2.75) is 18.9 Å². The molecule has 2 heterocycles. The molecule has 0 spiro atoms. The largest absolute Gasteiger partial charge is 0.396 e. The van der Waals surface area contributed by atoms with Gasteiger partial charge in [-0.05, 0) is 66.4 Å². The molecule has 1 unspecified atom stereocenters. The van der Waals surface area contributed by atoms with Crippen molar-refractivity contribution in [1.82, 2.24) is 4.98 Å². The van der Waals surface area contributed by atoms with Crippen LogP contribution in [0.1, 0.15) is 24.0 Å². The van der Waals surface area contributed by atoms with E-state index in [2.05, 4.69) is 57.1 Å². The highest BCUT2D eigenvalue weighted by atomic mass is 16.2. The van der Waals surface area contributed by atoms with E-state index in [1.807, 2.05) is 41.4 Å². The molecule has 2 N–H and O–H groups in total. The molecule has 4 rings (SSSR count). The molecule has 30 heavy (non-hydrogen) atoms. The molecule has 0 saturated carbocycles. The predicted octanol–water partition coefficient (Wildman–Crippen LogP) is 5.32. The zero-order valence-electron chi connectivity index (χ0n) is 16.7. The van der Waals surface area contributed by atoms with Crippen molar-refractivity contribution in [3.8, 4) is 0 Å². The van der Waals surface area contributed by atoms with Crippen LogP contribution in [0.4, 0.5) is 17.1 Å². The number of hydrogen-bond acceptors (Lipinski definition) is 6. The van der Waals surface area contributed by atoms with E-state index in [4.69, 9.17) is 5.11 Å². The summed E-state index contributed by atoms with van der Waals surface area (Å²) in [4.78, 5) is 4.04. The van der Waals surface area contributed by atoms with Crippen LogP contribution in [-0.2, 0) is 0 Å². The van der Waals surface area contributed by atoms with Crippen LogP contribution in [0, 0.1) is 0 Å². The van der Waals surface area contributed by atoms with Crippen LogP contribution in [-0.4, -0.2) is 29.3 Å². The number of pyridine rings is 1. The second-order valence-electron chi connectivity index (χ2n) is 7.22. The summed E-state index contributed by atoms with van der Waals surface area (Å²) in [7, 11) is 0. The number of hydrogen-bond donors (Lipinski definition) is 2. The van der Waals surface area contributed by atoms with Gasteiger partial charge in [0.05, 0.1) is 18.3 Å². The second kappa shape index (κ2) is 9.80. The van der Waals surface area contributed by atoms with Gasteiger partial charge in [0.2, 0.25) is 0 Å². The topological polar surface area (TPSA) is 73.1 Å². The molecular weight excluding hydrogens is 374 g/mol. The van der Waals surface area contributed by atoms with Crippen molar-refractivity contribution in [1.29, 1.82) is 0 Å². The van der Waals surface area contributed by atoms with E-state index in [-0.39, 0.29) is 12.6 Å². The molecule has 152 valence electrons. The molecule has 1 atom stereocenters. The lowest BCUT2D eigenvalue weighted by Gasteiger charge is -2.15. The third kappa shape index (κ3) is 5.30. The van der Waals surface area contributed by atoms with Crippen LogP contribution < -0.4 is 10.3 Å². The van der Waals surface area contributed by atoms with E-state index in [9.17, 15) is 0 Å². The van der Waals surface area contributed by atoms with Crippen molar-refractivity contribution in [3.05, 3.63) is 84.2 Å². The number of aliphatic hydroxyl groups is 1. The molecule has 0 saturated heterocycles. The van der Waals surface area contributed by atoms with E-state index >= 15 is 0 Å². The Morgan fingerprint density at radius 3 is 2.57 bits per heavy atom. The highest BCUT2D eigenvalue weighted by Crippen LogP contribution is 2.27. The Morgan fingerprint density at radius 2 is 1.73 bits per heavy atom. The number of aliphatic hydroxyl groups excluding tert-OH is 1. The molecule has 0 aliphatic carbocycles. The summed E-state index contributed by atoms with van der Waals surface area (Å²) in [5.41, 5.74) is 5.26. The van der Waals surface area contributed by atoms with E-state index in [1.54, 1.807) is 12.4 Å². The number of nitrogens with zero attached hydrogens (tertiary/aromatic N) is 4. The average molecular weight is 399 g/mol. The maximum atomic E-state index is 9.00. The number of aromatic nitrogens is 1. The third-order valence-corrected chi connectivity index (χ3v) is 4.90. The Hall–Kier alpha value is -3.51. The van der Waals surface area contributed by atoms with Gasteiger partial charge in [-0.15, -0.1) is 0 Å². The fraction of sp³-hybridized carbons (Fsp3) is 0.208. The van der Waals surface area contributed by atoms with Gasteiger partial charge in [0.15, 0.2) is 0 Å². The number of nitrogens with one attached hydrogen (secondary N) is 1. The van der Waals surface area contributed by atoms with Gasteiger partial charge in [-0.3, -0.25) is 4.98 Å². The zero-order valence-corrected chi connectivity index (χ0v) is 16.7. The van der Waals surface area contributed by atoms with E-state index in [0.29, 0.717) is 0 Å². The summed E-state index contributed by atoms with van der Waals surface area (Å²) in [6, 6.07) is 20.6. The van der Waals surface area contributed by atoms with Crippen molar-refractivity contribution in [2.75, 3.05) is 23.5 Å². The first-order chi connectivity index (χ1) is 14.8. The van der Waals surface area contributed by atoms with Gasteiger partial charge in [0.1, 0.15) is 0 Å². The van der Waals surface area contributed by atoms with E-state index in [1.165, 1.54) is 0 Å². The van der Waals surface area contributed by atoms with Crippen LogP contribution in [0.2, 0.25) is 0 Å². The molecule has 2 aromatic carbocycles. The van der Waals surface area contributed by atoms with Gasteiger partial charge in [-0.2, -0.15) is 5.11 Å². The summed E-state index contributed by atoms with van der Waals surface area (Å²) < 4.78 is 0. The lowest BCUT2D eigenvalue weighted by atomic mass is 10.1. The van der Waals surface area contributed by atoms with Crippen molar-refractivity contribution < 1.29 is 5.11 Å². The molecule has 0 bridgehead atoms. The Labute approximate surface area is 176 Å². The maximum Gasteiger partial charge on any atom is 0.0927 e. The smallest absolute Gasteiger partial charge is 0.0927 e. The van der Waals surface area contributed by atoms with E-state index in [0.717, 1.165) is 47.6 Å². The fourth-order valence-electron chi connectivity index (χ4n) is 3.34. The molecular formula is C24H25N5O. The Morgan fingerprint density at radius 1 is 0.967 bits per heavy atom. The normalized spacial score (nSPS) is 15.8. The van der Waals surface area contributed by atoms with Crippen LogP contribution in [0.3, 0.4) is 0 Å². The summed E-state index contributed by atoms with van der Waals surface area (Å²) >= 11 is 0. The lowest BCUT2D eigenvalue weighted by molar-refractivity contribution is 0.280. The second-order valence-corrected chi connectivity index (χ2v) is 7.22. The highest BCUT2D eigenvalue weighted by molar-refractivity contribution is 5.73. The minimum absolute atomic E-state index is 0.151. The monoisotopic (exact) mass is 399 g/mol. The van der Waals surface area contributed by atoms with Crippen LogP contribution in [0.15, 0.2) is 83.4 Å². The zero-order chi connectivity index (χ0) is 20.6. The van der Waals surface area contributed by atoms with Crippen molar-refractivity contribution in [3.63, 3.8) is 0 Å². The standard InChI is InChI=1S/C24H25N5O/c30-15-3-7-23-18-29(28-27-23)24-8-2-6-22(17-24)26-21-5-1-4-20(16-21)10-9-19-11-13-25-14-12-19/h1-2,4-6,8-14,16-17,23,26,30H,3,7,15,18H2. The Bertz CT molecular complexity index is 1020. The van der Waals surface area contributed by atoms with Crippen molar-refractivity contribution >= 4 is 29.2 Å². The van der Waals surface area contributed by atoms with E-state index < -0.39 is 0 Å². The minimum atomic E-state index is 0.151. The van der Waals surface area contributed by atoms with Gasteiger partial charge in [-0.25, -0.2) is 5.01 Å². The average Bonchev–Trinajstić information content (AvgIpc) is 3.27. The number of benzene rings is 2. The molecule has 3 aromatic rings. The van der Waals surface area contributed by atoms with Gasteiger partial charge >= 0.3 is 0 Å². The SMILES string of the molecule is OCCCC1CN(c2cccc(Nc3cccc(C=Cc4ccncc4)c3)c2)N=N1. The predicted molar refractivity (Wildman–Crippen MR) is 122 cm³/mol. The Balaban J connectivity index is 1.42. The van der Waals surface area contributed by atoms with Crippen LogP contribution in [0.5, 0.6) is 0 Å². The first-order valence-corrected chi connectivity index (χ1v) is 10.1. The molecule has 1 aliphatic heterocycles. The van der Waals surface area contributed by atoms with Crippen LogP contribution >= 0.6 is 0 Å². The summed E-state index contributed by atoms with van der Waals surface area (Å²) in [6.07, 6.45) is 9.36. The summed E-state index contributed by atoms with van der Waals surface area (Å²) in [6.45, 7) is 0.945. The summed E-state index contributed by atoms with van der Waals surface area (Å²) in [5, 5.41) is 23.0. The maximum absolute atomic E-state index is 9.00. The van der Waals surface area contributed by atoms with Gasteiger partial charge in [0, 0.05) is 30.4 Å². The fourth-order valence-corrected chi connectivity index (χ4v) is 3.34. The molecule has 0 fully saturated rings.